The maximum Gasteiger partial charge on any atom is 0.330 e. The van der Waals surface area contributed by atoms with Gasteiger partial charge in [0.15, 0.2) is 0 Å². The summed E-state index contributed by atoms with van der Waals surface area (Å²) in [6, 6.07) is 0. The Morgan fingerprint density at radius 3 is 2.50 bits per heavy atom. The summed E-state index contributed by atoms with van der Waals surface area (Å²) >= 11 is 0. The standard InChI is InChI=1S/C9H16N2O3/c1-11(2)6-3-7-14-9(13)5-4-8(10)12/h4-5H,3,6-7H2,1-2H3,(H2,10,12)/b5-4-. The molecular weight excluding hydrogens is 184 g/mol. The summed E-state index contributed by atoms with van der Waals surface area (Å²) in [6.45, 7) is 1.20. The number of ether oxygens (including phenoxy) is 1. The fourth-order valence-electron chi connectivity index (χ4n) is 0.752. The first kappa shape index (κ1) is 12.6. The van der Waals surface area contributed by atoms with Crippen molar-refractivity contribution in [2.24, 2.45) is 5.73 Å². The van der Waals surface area contributed by atoms with Gasteiger partial charge < -0.3 is 15.4 Å². The van der Waals surface area contributed by atoms with E-state index in [1.807, 2.05) is 19.0 Å². The first-order valence-corrected chi connectivity index (χ1v) is 4.31. The number of carbonyl (C=O) groups excluding carboxylic acids is 2. The summed E-state index contributed by atoms with van der Waals surface area (Å²) in [5.41, 5.74) is 4.80. The van der Waals surface area contributed by atoms with E-state index in [0.29, 0.717) is 6.61 Å². The maximum atomic E-state index is 10.9. The predicted molar refractivity (Wildman–Crippen MR) is 52.5 cm³/mol. The molecule has 0 radical (unpaired) electrons. The number of primary amides is 1. The van der Waals surface area contributed by atoms with Gasteiger partial charge in [-0.15, -0.1) is 0 Å². The second-order valence-corrected chi connectivity index (χ2v) is 3.06. The summed E-state index contributed by atoms with van der Waals surface area (Å²) in [6.07, 6.45) is 2.77. The molecule has 0 aromatic rings. The molecule has 1 amide bonds. The molecule has 0 aliphatic carbocycles. The quantitative estimate of drug-likeness (QED) is 0.357. The largest absolute Gasteiger partial charge is 0.462 e. The Bertz CT molecular complexity index is 224. The summed E-state index contributed by atoms with van der Waals surface area (Å²) < 4.78 is 4.78. The van der Waals surface area contributed by atoms with Crippen LogP contribution in [0, 0.1) is 0 Å². The van der Waals surface area contributed by atoms with Gasteiger partial charge in [-0.05, 0) is 20.5 Å². The molecule has 0 spiro atoms. The van der Waals surface area contributed by atoms with Gasteiger partial charge in [-0.3, -0.25) is 4.79 Å². The Hall–Kier alpha value is -1.36. The SMILES string of the molecule is CN(C)CCCOC(=O)/C=C\C(N)=O. The number of nitrogens with zero attached hydrogens (tertiary/aromatic N) is 1. The molecule has 80 valence electrons. The third kappa shape index (κ3) is 8.73. The summed E-state index contributed by atoms with van der Waals surface area (Å²) in [7, 11) is 3.88. The zero-order chi connectivity index (χ0) is 11.0. The second kappa shape index (κ2) is 7.08. The lowest BCUT2D eigenvalue weighted by Gasteiger charge is -2.08. The van der Waals surface area contributed by atoms with Crippen molar-refractivity contribution in [2.45, 2.75) is 6.42 Å². The van der Waals surface area contributed by atoms with Crippen molar-refractivity contribution in [3.63, 3.8) is 0 Å². The normalized spacial score (nSPS) is 10.8. The van der Waals surface area contributed by atoms with Crippen LogP contribution in [0.25, 0.3) is 0 Å². The molecule has 0 saturated carbocycles. The van der Waals surface area contributed by atoms with E-state index >= 15 is 0 Å². The molecule has 5 nitrogen and oxygen atoms in total. The molecule has 0 aliphatic heterocycles. The number of rotatable bonds is 6. The highest BCUT2D eigenvalue weighted by Crippen LogP contribution is 1.87. The molecule has 0 atom stereocenters. The summed E-state index contributed by atoms with van der Waals surface area (Å²) in [5.74, 6) is -1.20. The topological polar surface area (TPSA) is 72.6 Å². The van der Waals surface area contributed by atoms with Crippen LogP contribution in [0.1, 0.15) is 6.42 Å². The fraction of sp³-hybridized carbons (Fsp3) is 0.556. The van der Waals surface area contributed by atoms with E-state index in [1.165, 1.54) is 0 Å². The molecule has 0 fully saturated rings. The van der Waals surface area contributed by atoms with Gasteiger partial charge in [-0.2, -0.15) is 0 Å². The predicted octanol–water partition coefficient (Wildman–Crippen LogP) is -0.477. The van der Waals surface area contributed by atoms with Crippen LogP contribution in [0.15, 0.2) is 12.2 Å². The van der Waals surface area contributed by atoms with Gasteiger partial charge in [0.25, 0.3) is 0 Å². The van der Waals surface area contributed by atoms with Gasteiger partial charge in [0, 0.05) is 18.7 Å². The summed E-state index contributed by atoms with van der Waals surface area (Å²) in [5, 5.41) is 0. The first-order valence-electron chi connectivity index (χ1n) is 4.31. The molecule has 0 aliphatic rings. The van der Waals surface area contributed by atoms with Crippen molar-refractivity contribution in [1.82, 2.24) is 4.90 Å². The minimum Gasteiger partial charge on any atom is -0.462 e. The highest BCUT2D eigenvalue weighted by atomic mass is 16.5. The zero-order valence-electron chi connectivity index (χ0n) is 8.53. The highest BCUT2D eigenvalue weighted by molar-refractivity contribution is 5.93. The monoisotopic (exact) mass is 200 g/mol. The number of nitrogens with two attached hydrogens (primary N) is 1. The number of hydrogen-bond acceptors (Lipinski definition) is 4. The molecule has 2 N–H and O–H groups in total. The molecule has 0 rings (SSSR count). The lowest BCUT2D eigenvalue weighted by molar-refractivity contribution is -0.138. The lowest BCUT2D eigenvalue weighted by atomic mass is 10.4. The second-order valence-electron chi connectivity index (χ2n) is 3.06. The molecule has 0 heterocycles. The van der Waals surface area contributed by atoms with Gasteiger partial charge in [0.2, 0.25) is 5.91 Å². The van der Waals surface area contributed by atoms with Crippen molar-refractivity contribution >= 4 is 11.9 Å². The van der Waals surface area contributed by atoms with Gasteiger partial charge in [-0.1, -0.05) is 0 Å². The van der Waals surface area contributed by atoms with Crippen molar-refractivity contribution in [2.75, 3.05) is 27.2 Å². The van der Waals surface area contributed by atoms with Gasteiger partial charge in [-0.25, -0.2) is 4.79 Å². The number of esters is 1. The Morgan fingerprint density at radius 2 is 2.00 bits per heavy atom. The van der Waals surface area contributed by atoms with Crippen LogP contribution in [-0.4, -0.2) is 44.0 Å². The lowest BCUT2D eigenvalue weighted by Crippen LogP contribution is -2.16. The number of carbonyl (C=O) groups is 2. The Kier molecular flexibility index (Phi) is 6.39. The maximum absolute atomic E-state index is 10.9. The van der Waals surface area contributed by atoms with E-state index in [9.17, 15) is 9.59 Å². The van der Waals surface area contributed by atoms with Crippen LogP contribution < -0.4 is 5.73 Å². The molecule has 0 bridgehead atoms. The third-order valence-electron chi connectivity index (χ3n) is 1.38. The average molecular weight is 200 g/mol. The number of amides is 1. The molecule has 0 saturated heterocycles. The number of hydrogen-bond donors (Lipinski definition) is 1. The van der Waals surface area contributed by atoms with Gasteiger partial charge in [0.1, 0.15) is 0 Å². The minimum absolute atomic E-state index is 0.347. The van der Waals surface area contributed by atoms with Crippen LogP contribution >= 0.6 is 0 Å². The molecule has 0 unspecified atom stereocenters. The van der Waals surface area contributed by atoms with E-state index < -0.39 is 11.9 Å². The van der Waals surface area contributed by atoms with Crippen LogP contribution in [0.3, 0.4) is 0 Å². The van der Waals surface area contributed by atoms with Crippen LogP contribution in [0.4, 0.5) is 0 Å². The summed E-state index contributed by atoms with van der Waals surface area (Å²) in [4.78, 5) is 23.1. The van der Waals surface area contributed by atoms with Crippen molar-refractivity contribution in [3.8, 4) is 0 Å². The Morgan fingerprint density at radius 1 is 1.36 bits per heavy atom. The zero-order valence-corrected chi connectivity index (χ0v) is 8.53. The van der Waals surface area contributed by atoms with Crippen molar-refractivity contribution in [1.29, 1.82) is 0 Å². The fourth-order valence-corrected chi connectivity index (χ4v) is 0.752. The van der Waals surface area contributed by atoms with Crippen molar-refractivity contribution < 1.29 is 14.3 Å². The first-order chi connectivity index (χ1) is 6.52. The Labute approximate surface area is 83.5 Å². The van der Waals surface area contributed by atoms with E-state index in [0.717, 1.165) is 25.1 Å². The average Bonchev–Trinajstić information content (AvgIpc) is 2.08. The molecule has 0 aromatic carbocycles. The Balaban J connectivity index is 3.50. The van der Waals surface area contributed by atoms with Gasteiger partial charge >= 0.3 is 5.97 Å². The third-order valence-corrected chi connectivity index (χ3v) is 1.38. The molecule has 14 heavy (non-hydrogen) atoms. The minimum atomic E-state index is -0.657. The van der Waals surface area contributed by atoms with E-state index in [4.69, 9.17) is 10.5 Å². The van der Waals surface area contributed by atoms with E-state index in [1.54, 1.807) is 0 Å². The van der Waals surface area contributed by atoms with Crippen LogP contribution in [0.2, 0.25) is 0 Å². The van der Waals surface area contributed by atoms with E-state index in [-0.39, 0.29) is 0 Å². The molecule has 5 heteroatoms. The van der Waals surface area contributed by atoms with Gasteiger partial charge in [0.05, 0.1) is 6.61 Å². The smallest absolute Gasteiger partial charge is 0.330 e. The molecular formula is C9H16N2O3. The van der Waals surface area contributed by atoms with Crippen LogP contribution in [-0.2, 0) is 14.3 Å². The molecule has 0 aromatic heterocycles. The van der Waals surface area contributed by atoms with E-state index in [2.05, 4.69) is 0 Å². The highest BCUT2D eigenvalue weighted by Gasteiger charge is 1.97. The van der Waals surface area contributed by atoms with Crippen molar-refractivity contribution in [3.05, 3.63) is 12.2 Å². The van der Waals surface area contributed by atoms with Crippen LogP contribution in [0.5, 0.6) is 0 Å².